The minimum Gasteiger partial charge on any atom is -0.410 e. The van der Waals surface area contributed by atoms with Gasteiger partial charge in [-0.3, -0.25) is 4.79 Å². The van der Waals surface area contributed by atoms with Crippen LogP contribution in [0.4, 0.5) is 5.69 Å². The molecule has 2 aromatic carbocycles. The molecular formula is C18H20N2O2. The van der Waals surface area contributed by atoms with E-state index < -0.39 is 5.91 Å². The lowest BCUT2D eigenvalue weighted by Crippen LogP contribution is -2.26. The van der Waals surface area contributed by atoms with Crippen molar-refractivity contribution in [3.05, 3.63) is 64.2 Å². The number of hydrogen-bond acceptors (Lipinski definition) is 3. The summed E-state index contributed by atoms with van der Waals surface area (Å²) in [6.45, 7) is 7.63. The Morgan fingerprint density at radius 2 is 1.36 bits per heavy atom. The maximum atomic E-state index is 12.6. The number of carbonyl (C=O) groups excluding carboxylic acids is 1. The average molecular weight is 296 g/mol. The summed E-state index contributed by atoms with van der Waals surface area (Å²) in [5.74, 6) is -0.419. The third-order valence-electron chi connectivity index (χ3n) is 3.75. The first-order chi connectivity index (χ1) is 10.5. The van der Waals surface area contributed by atoms with Crippen LogP contribution in [0.5, 0.6) is 0 Å². The molecule has 114 valence electrons. The summed E-state index contributed by atoms with van der Waals surface area (Å²) in [7, 11) is 0. The van der Waals surface area contributed by atoms with Crippen molar-refractivity contribution < 1.29 is 10.0 Å². The highest BCUT2D eigenvalue weighted by Gasteiger charge is 2.20. The molecule has 0 aromatic heterocycles. The summed E-state index contributed by atoms with van der Waals surface area (Å²) in [5.41, 5.74) is 5.15. The number of carbonyl (C=O) groups is 1. The molecule has 0 unspecified atom stereocenters. The Hall–Kier alpha value is -2.62. The molecule has 4 heteroatoms. The van der Waals surface area contributed by atoms with Gasteiger partial charge in [0.15, 0.2) is 5.71 Å². The molecule has 2 aromatic rings. The number of nitrogens with zero attached hydrogens (tertiary/aromatic N) is 1. The van der Waals surface area contributed by atoms with Crippen molar-refractivity contribution >= 4 is 17.3 Å². The van der Waals surface area contributed by atoms with Gasteiger partial charge in [0.1, 0.15) is 0 Å². The summed E-state index contributed by atoms with van der Waals surface area (Å²) >= 11 is 0. The van der Waals surface area contributed by atoms with Crippen LogP contribution >= 0.6 is 0 Å². The number of aryl methyl sites for hydroxylation is 4. The third-order valence-corrected chi connectivity index (χ3v) is 3.75. The average Bonchev–Trinajstić information content (AvgIpc) is 2.47. The van der Waals surface area contributed by atoms with Crippen molar-refractivity contribution in [1.29, 1.82) is 0 Å². The van der Waals surface area contributed by atoms with E-state index in [4.69, 9.17) is 0 Å². The zero-order valence-corrected chi connectivity index (χ0v) is 13.3. The molecule has 4 nitrogen and oxygen atoms in total. The minimum absolute atomic E-state index is 0.0262. The van der Waals surface area contributed by atoms with E-state index in [1.165, 1.54) is 0 Å². The summed E-state index contributed by atoms with van der Waals surface area (Å²) in [6.07, 6.45) is 0. The normalized spacial score (nSPS) is 11.4. The smallest absolute Gasteiger partial charge is 0.278 e. The molecule has 0 heterocycles. The molecule has 0 atom stereocenters. The van der Waals surface area contributed by atoms with Gasteiger partial charge in [-0.15, -0.1) is 0 Å². The van der Waals surface area contributed by atoms with Crippen molar-refractivity contribution in [3.63, 3.8) is 0 Å². The molecule has 1 amide bonds. The van der Waals surface area contributed by atoms with E-state index in [1.807, 2.05) is 64.1 Å². The molecule has 0 aliphatic rings. The fourth-order valence-electron chi connectivity index (χ4n) is 2.58. The van der Waals surface area contributed by atoms with Crippen molar-refractivity contribution in [2.45, 2.75) is 27.7 Å². The van der Waals surface area contributed by atoms with Crippen LogP contribution in [0.3, 0.4) is 0 Å². The SMILES string of the molecule is Cc1cccc(C)c1NC(=O)/C(=N\O)c1c(C)cccc1C. The second-order valence-electron chi connectivity index (χ2n) is 5.44. The molecule has 22 heavy (non-hydrogen) atoms. The van der Waals surface area contributed by atoms with Gasteiger partial charge in [0.05, 0.1) is 0 Å². The van der Waals surface area contributed by atoms with Gasteiger partial charge in [0.25, 0.3) is 5.91 Å². The van der Waals surface area contributed by atoms with Gasteiger partial charge in [-0.2, -0.15) is 0 Å². The van der Waals surface area contributed by atoms with E-state index in [1.54, 1.807) is 0 Å². The lowest BCUT2D eigenvalue weighted by molar-refractivity contribution is -0.110. The van der Waals surface area contributed by atoms with Gasteiger partial charge < -0.3 is 10.5 Å². The Bertz CT molecular complexity index is 708. The predicted octanol–water partition coefficient (Wildman–Crippen LogP) is 3.74. The highest BCUT2D eigenvalue weighted by atomic mass is 16.4. The highest BCUT2D eigenvalue weighted by molar-refractivity contribution is 6.49. The van der Waals surface area contributed by atoms with Crippen LogP contribution in [-0.4, -0.2) is 16.8 Å². The molecule has 0 saturated carbocycles. The Morgan fingerprint density at radius 3 is 1.82 bits per heavy atom. The summed E-state index contributed by atoms with van der Waals surface area (Å²) < 4.78 is 0. The number of rotatable bonds is 3. The van der Waals surface area contributed by atoms with Crippen LogP contribution in [0.25, 0.3) is 0 Å². The second kappa shape index (κ2) is 6.43. The first-order valence-corrected chi connectivity index (χ1v) is 7.12. The van der Waals surface area contributed by atoms with Crippen molar-refractivity contribution in [2.75, 3.05) is 5.32 Å². The van der Waals surface area contributed by atoms with Crippen LogP contribution < -0.4 is 5.32 Å². The molecular weight excluding hydrogens is 276 g/mol. The Morgan fingerprint density at radius 1 is 0.909 bits per heavy atom. The van der Waals surface area contributed by atoms with Gasteiger partial charge in [-0.05, 0) is 49.9 Å². The largest absolute Gasteiger partial charge is 0.410 e. The predicted molar refractivity (Wildman–Crippen MR) is 88.8 cm³/mol. The van der Waals surface area contributed by atoms with E-state index in [9.17, 15) is 10.0 Å². The molecule has 2 rings (SSSR count). The maximum absolute atomic E-state index is 12.6. The standard InChI is InChI=1S/C18H20N2O2/c1-11-7-5-8-12(2)15(11)17(20-22)18(21)19-16-13(3)9-6-10-14(16)4/h5-10,22H,1-4H3,(H,19,21)/b20-17-. The fraction of sp³-hybridized carbons (Fsp3) is 0.222. The van der Waals surface area contributed by atoms with Crippen LogP contribution in [0, 0.1) is 27.7 Å². The minimum atomic E-state index is -0.419. The second-order valence-corrected chi connectivity index (χ2v) is 5.44. The molecule has 2 N–H and O–H groups in total. The number of nitrogens with one attached hydrogen (secondary N) is 1. The number of oxime groups is 1. The Labute approximate surface area is 130 Å². The van der Waals surface area contributed by atoms with Gasteiger partial charge in [0.2, 0.25) is 0 Å². The van der Waals surface area contributed by atoms with Crippen molar-refractivity contribution in [3.8, 4) is 0 Å². The van der Waals surface area contributed by atoms with Gasteiger partial charge in [0, 0.05) is 11.3 Å². The van der Waals surface area contributed by atoms with Crippen molar-refractivity contribution in [2.24, 2.45) is 5.16 Å². The quantitative estimate of drug-likeness (QED) is 0.515. The Balaban J connectivity index is 2.39. The number of benzene rings is 2. The highest BCUT2D eigenvalue weighted by Crippen LogP contribution is 2.21. The number of hydrogen-bond donors (Lipinski definition) is 2. The fourth-order valence-corrected chi connectivity index (χ4v) is 2.58. The zero-order chi connectivity index (χ0) is 16.3. The first kappa shape index (κ1) is 15.8. The van der Waals surface area contributed by atoms with Gasteiger partial charge in [-0.25, -0.2) is 0 Å². The van der Waals surface area contributed by atoms with Crippen molar-refractivity contribution in [1.82, 2.24) is 0 Å². The maximum Gasteiger partial charge on any atom is 0.278 e. The van der Waals surface area contributed by atoms with E-state index >= 15 is 0 Å². The lowest BCUT2D eigenvalue weighted by atomic mass is 9.98. The summed E-state index contributed by atoms with van der Waals surface area (Å²) in [5, 5.41) is 15.4. The lowest BCUT2D eigenvalue weighted by Gasteiger charge is -2.14. The summed E-state index contributed by atoms with van der Waals surface area (Å²) in [4.78, 5) is 12.6. The Kier molecular flexibility index (Phi) is 4.61. The van der Waals surface area contributed by atoms with Crippen LogP contribution in [0.1, 0.15) is 27.8 Å². The number of anilines is 1. The third kappa shape index (κ3) is 3.01. The number of amides is 1. The monoisotopic (exact) mass is 296 g/mol. The zero-order valence-electron chi connectivity index (χ0n) is 13.3. The molecule has 0 saturated heterocycles. The van der Waals surface area contributed by atoms with E-state index in [2.05, 4.69) is 10.5 Å². The summed E-state index contributed by atoms with van der Waals surface area (Å²) in [6, 6.07) is 11.5. The molecule has 0 spiro atoms. The topological polar surface area (TPSA) is 61.7 Å². The first-order valence-electron chi connectivity index (χ1n) is 7.12. The van der Waals surface area contributed by atoms with Crippen LogP contribution in [-0.2, 0) is 4.79 Å². The van der Waals surface area contributed by atoms with E-state index in [-0.39, 0.29) is 5.71 Å². The molecule has 0 bridgehead atoms. The molecule has 0 aliphatic carbocycles. The molecule has 0 fully saturated rings. The van der Waals surface area contributed by atoms with Gasteiger partial charge >= 0.3 is 0 Å². The van der Waals surface area contributed by atoms with E-state index in [0.717, 1.165) is 27.9 Å². The van der Waals surface area contributed by atoms with Gasteiger partial charge in [-0.1, -0.05) is 41.6 Å². The van der Waals surface area contributed by atoms with Crippen LogP contribution in [0.2, 0.25) is 0 Å². The molecule has 0 radical (unpaired) electrons. The van der Waals surface area contributed by atoms with E-state index in [0.29, 0.717) is 5.56 Å². The molecule has 0 aliphatic heterocycles. The van der Waals surface area contributed by atoms with Crippen LogP contribution in [0.15, 0.2) is 41.6 Å². The number of para-hydroxylation sites is 1.